The van der Waals surface area contributed by atoms with Crippen LogP contribution in [0.1, 0.15) is 0 Å². The molecule has 1 heterocycles. The normalized spacial score (nSPS) is 29.0. The maximum absolute atomic E-state index is 4.07. The predicted octanol–water partition coefficient (Wildman–Crippen LogP) is 0.381. The summed E-state index contributed by atoms with van der Waals surface area (Å²) in [7, 11) is 0. The molecule has 1 aliphatic rings. The van der Waals surface area contributed by atoms with Gasteiger partial charge in [-0.1, -0.05) is 15.9 Å². The van der Waals surface area contributed by atoms with Gasteiger partial charge < -0.3 is 0 Å². The molecule has 7 heavy (non-hydrogen) atoms. The quantitative estimate of drug-likeness (QED) is 0.555. The van der Waals surface area contributed by atoms with E-state index in [0.29, 0.717) is 6.17 Å². The second-order valence-electron chi connectivity index (χ2n) is 1.41. The first-order chi connectivity index (χ1) is 3.43. The lowest BCUT2D eigenvalue weighted by atomic mass is 10.6. The average molecular weight is 163 g/mol. The summed E-state index contributed by atoms with van der Waals surface area (Å²) in [6.07, 6.45) is 2.23. The summed E-state index contributed by atoms with van der Waals surface area (Å²) >= 11 is 3.30. The number of nitrogens with zero attached hydrogens (tertiary/aromatic N) is 1. The van der Waals surface area contributed by atoms with Crippen molar-refractivity contribution in [3.8, 4) is 0 Å². The number of rotatable bonds is 1. The van der Waals surface area contributed by atoms with Crippen molar-refractivity contribution in [2.75, 3.05) is 11.9 Å². The Kier molecular flexibility index (Phi) is 1.82. The number of hydrogen-bond acceptors (Lipinski definition) is 2. The van der Waals surface area contributed by atoms with Crippen molar-refractivity contribution in [1.29, 1.82) is 0 Å². The zero-order chi connectivity index (χ0) is 5.11. The molecule has 40 valence electrons. The molecule has 0 aliphatic carbocycles. The summed E-state index contributed by atoms with van der Waals surface area (Å²) < 4.78 is 0. The van der Waals surface area contributed by atoms with Gasteiger partial charge in [-0.25, -0.2) is 0 Å². The standard InChI is InChI=1S/C4H7BrN2/c5-3-4-6-1-2-7-4/h1,4,7H,2-3H2. The Morgan fingerprint density at radius 2 is 2.86 bits per heavy atom. The largest absolute Gasteiger partial charge is 0.290 e. The van der Waals surface area contributed by atoms with E-state index in [2.05, 4.69) is 26.2 Å². The van der Waals surface area contributed by atoms with E-state index in [9.17, 15) is 0 Å². The van der Waals surface area contributed by atoms with Gasteiger partial charge in [0.1, 0.15) is 6.17 Å². The fourth-order valence-corrected chi connectivity index (χ4v) is 0.912. The summed E-state index contributed by atoms with van der Waals surface area (Å²) in [5, 5.41) is 4.06. The first-order valence-electron chi connectivity index (χ1n) is 2.24. The summed E-state index contributed by atoms with van der Waals surface area (Å²) in [4.78, 5) is 4.07. The van der Waals surface area contributed by atoms with Gasteiger partial charge >= 0.3 is 0 Å². The molecule has 1 unspecified atom stereocenters. The van der Waals surface area contributed by atoms with Crippen LogP contribution >= 0.6 is 15.9 Å². The number of halogens is 1. The van der Waals surface area contributed by atoms with E-state index in [1.54, 1.807) is 0 Å². The number of aliphatic imine (C=N–C) groups is 1. The van der Waals surface area contributed by atoms with Gasteiger partial charge in [-0.2, -0.15) is 0 Å². The Labute approximate surface area is 51.1 Å². The van der Waals surface area contributed by atoms with Crippen LogP contribution in [0.4, 0.5) is 0 Å². The number of alkyl halides is 1. The van der Waals surface area contributed by atoms with E-state index < -0.39 is 0 Å². The molecule has 2 nitrogen and oxygen atoms in total. The fourth-order valence-electron chi connectivity index (χ4n) is 0.516. The minimum Gasteiger partial charge on any atom is -0.290 e. The molecule has 0 aromatic rings. The van der Waals surface area contributed by atoms with Crippen LogP contribution in [0.3, 0.4) is 0 Å². The summed E-state index contributed by atoms with van der Waals surface area (Å²) in [6, 6.07) is 0. The first-order valence-corrected chi connectivity index (χ1v) is 3.36. The Bertz CT molecular complexity index is 81.8. The number of hydrogen-bond donors (Lipinski definition) is 1. The first kappa shape index (κ1) is 5.25. The van der Waals surface area contributed by atoms with Crippen LogP contribution in [0.2, 0.25) is 0 Å². The molecule has 0 aromatic carbocycles. The Morgan fingerprint density at radius 3 is 3.14 bits per heavy atom. The molecule has 0 saturated heterocycles. The highest BCUT2D eigenvalue weighted by atomic mass is 79.9. The molecule has 1 atom stereocenters. The van der Waals surface area contributed by atoms with E-state index in [1.165, 1.54) is 0 Å². The lowest BCUT2D eigenvalue weighted by molar-refractivity contribution is 0.672. The lowest BCUT2D eigenvalue weighted by Crippen LogP contribution is -2.22. The molecule has 0 radical (unpaired) electrons. The molecule has 0 saturated carbocycles. The van der Waals surface area contributed by atoms with Gasteiger partial charge in [-0.3, -0.25) is 10.3 Å². The van der Waals surface area contributed by atoms with Crippen molar-refractivity contribution >= 4 is 22.1 Å². The molecule has 1 aliphatic heterocycles. The highest BCUT2D eigenvalue weighted by Gasteiger charge is 2.04. The minimum atomic E-state index is 0.333. The highest BCUT2D eigenvalue weighted by molar-refractivity contribution is 9.09. The smallest absolute Gasteiger partial charge is 0.109 e. The molecule has 1 rings (SSSR count). The van der Waals surface area contributed by atoms with Gasteiger partial charge in [0.2, 0.25) is 0 Å². The molecule has 1 N–H and O–H groups in total. The van der Waals surface area contributed by atoms with Gasteiger partial charge in [-0.15, -0.1) is 0 Å². The molecule has 0 fully saturated rings. The van der Waals surface area contributed by atoms with Crippen LogP contribution < -0.4 is 5.32 Å². The minimum absolute atomic E-state index is 0.333. The van der Waals surface area contributed by atoms with Gasteiger partial charge in [-0.05, 0) is 0 Å². The van der Waals surface area contributed by atoms with Crippen LogP contribution in [0.15, 0.2) is 4.99 Å². The molecule has 0 spiro atoms. The lowest BCUT2D eigenvalue weighted by Gasteiger charge is -1.98. The Hall–Kier alpha value is 0.110. The fraction of sp³-hybridized carbons (Fsp3) is 0.750. The Morgan fingerprint density at radius 1 is 2.00 bits per heavy atom. The topological polar surface area (TPSA) is 24.4 Å². The maximum atomic E-state index is 4.07. The molecule has 3 heteroatoms. The van der Waals surface area contributed by atoms with Crippen molar-refractivity contribution in [2.45, 2.75) is 6.17 Å². The van der Waals surface area contributed by atoms with Crippen molar-refractivity contribution in [2.24, 2.45) is 4.99 Å². The van der Waals surface area contributed by atoms with Gasteiger partial charge in [0.25, 0.3) is 0 Å². The van der Waals surface area contributed by atoms with Crippen LogP contribution in [0, 0.1) is 0 Å². The molecular weight excluding hydrogens is 156 g/mol. The van der Waals surface area contributed by atoms with Gasteiger partial charge in [0.05, 0.1) is 0 Å². The van der Waals surface area contributed by atoms with Crippen molar-refractivity contribution in [3.63, 3.8) is 0 Å². The summed E-state index contributed by atoms with van der Waals surface area (Å²) in [5.74, 6) is 0. The van der Waals surface area contributed by atoms with Crippen molar-refractivity contribution in [1.82, 2.24) is 5.32 Å². The summed E-state index contributed by atoms with van der Waals surface area (Å²) in [6.45, 7) is 0.927. The highest BCUT2D eigenvalue weighted by Crippen LogP contribution is 1.94. The van der Waals surface area contributed by atoms with E-state index >= 15 is 0 Å². The third kappa shape index (κ3) is 1.24. The SMILES string of the molecule is BrCC1N=CCN1. The Balaban J connectivity index is 2.28. The second-order valence-corrected chi connectivity index (χ2v) is 2.06. The predicted molar refractivity (Wildman–Crippen MR) is 34.1 cm³/mol. The monoisotopic (exact) mass is 162 g/mol. The third-order valence-corrected chi connectivity index (χ3v) is 1.49. The van der Waals surface area contributed by atoms with Crippen LogP contribution in [0.25, 0.3) is 0 Å². The molecular formula is C4H7BrN2. The van der Waals surface area contributed by atoms with Crippen LogP contribution in [0.5, 0.6) is 0 Å². The zero-order valence-corrected chi connectivity index (χ0v) is 5.48. The maximum Gasteiger partial charge on any atom is 0.109 e. The zero-order valence-electron chi connectivity index (χ0n) is 3.89. The van der Waals surface area contributed by atoms with Crippen LogP contribution in [-0.4, -0.2) is 24.3 Å². The van der Waals surface area contributed by atoms with Gasteiger partial charge in [0, 0.05) is 18.1 Å². The summed E-state index contributed by atoms with van der Waals surface area (Å²) in [5.41, 5.74) is 0. The van der Waals surface area contributed by atoms with E-state index in [-0.39, 0.29) is 0 Å². The van der Waals surface area contributed by atoms with Crippen LogP contribution in [-0.2, 0) is 0 Å². The average Bonchev–Trinajstić information content (AvgIpc) is 2.14. The van der Waals surface area contributed by atoms with E-state index in [1.807, 2.05) is 6.21 Å². The van der Waals surface area contributed by atoms with Crippen molar-refractivity contribution in [3.05, 3.63) is 0 Å². The second kappa shape index (κ2) is 2.43. The third-order valence-electron chi connectivity index (χ3n) is 0.876. The van der Waals surface area contributed by atoms with Crippen molar-refractivity contribution < 1.29 is 0 Å². The van der Waals surface area contributed by atoms with E-state index in [0.717, 1.165) is 11.9 Å². The van der Waals surface area contributed by atoms with Gasteiger partial charge in [0.15, 0.2) is 0 Å². The number of nitrogens with one attached hydrogen (secondary N) is 1. The van der Waals surface area contributed by atoms with E-state index in [4.69, 9.17) is 0 Å². The molecule has 0 amide bonds. The molecule has 0 aromatic heterocycles. The molecule has 0 bridgehead atoms.